The van der Waals surface area contributed by atoms with Crippen LogP contribution in [0.4, 0.5) is 8.78 Å². The van der Waals surface area contributed by atoms with Crippen molar-refractivity contribution in [2.75, 3.05) is 32.7 Å². The first-order chi connectivity index (χ1) is 9.60. The first kappa shape index (κ1) is 17.0. The van der Waals surface area contributed by atoms with Gasteiger partial charge in [0, 0.05) is 6.54 Å². The SMILES string of the molecule is CCN(CC)CCCNCC(O)c1c(F)cccc1F. The predicted molar refractivity (Wildman–Crippen MR) is 76.6 cm³/mol. The lowest BCUT2D eigenvalue weighted by molar-refractivity contribution is 0.164. The monoisotopic (exact) mass is 286 g/mol. The molecule has 0 aliphatic heterocycles. The highest BCUT2D eigenvalue weighted by molar-refractivity contribution is 5.22. The molecule has 0 radical (unpaired) electrons. The van der Waals surface area contributed by atoms with E-state index in [-0.39, 0.29) is 12.1 Å². The zero-order valence-corrected chi connectivity index (χ0v) is 12.2. The van der Waals surface area contributed by atoms with E-state index in [1.807, 2.05) is 0 Å². The fourth-order valence-electron chi connectivity index (χ4n) is 2.14. The molecule has 5 heteroatoms. The number of aliphatic hydroxyl groups excluding tert-OH is 1. The summed E-state index contributed by atoms with van der Waals surface area (Å²) in [5, 5.41) is 12.9. The second kappa shape index (κ2) is 9.00. The van der Waals surface area contributed by atoms with Gasteiger partial charge in [0.15, 0.2) is 0 Å². The summed E-state index contributed by atoms with van der Waals surface area (Å²) >= 11 is 0. The minimum Gasteiger partial charge on any atom is -0.387 e. The van der Waals surface area contributed by atoms with Gasteiger partial charge in [-0.1, -0.05) is 19.9 Å². The van der Waals surface area contributed by atoms with Crippen LogP contribution in [-0.4, -0.2) is 42.7 Å². The molecule has 0 spiro atoms. The molecule has 0 aliphatic rings. The van der Waals surface area contributed by atoms with E-state index in [1.165, 1.54) is 6.07 Å². The van der Waals surface area contributed by atoms with Gasteiger partial charge < -0.3 is 15.3 Å². The molecule has 0 bridgehead atoms. The summed E-state index contributed by atoms with van der Waals surface area (Å²) in [5.74, 6) is -1.41. The number of benzene rings is 1. The second-order valence-electron chi connectivity index (χ2n) is 4.74. The summed E-state index contributed by atoms with van der Waals surface area (Å²) in [4.78, 5) is 2.30. The normalized spacial score (nSPS) is 12.9. The number of nitrogens with one attached hydrogen (secondary N) is 1. The molecule has 114 valence electrons. The van der Waals surface area contributed by atoms with E-state index >= 15 is 0 Å². The zero-order valence-electron chi connectivity index (χ0n) is 12.2. The van der Waals surface area contributed by atoms with Crippen LogP contribution in [0.5, 0.6) is 0 Å². The molecule has 20 heavy (non-hydrogen) atoms. The summed E-state index contributed by atoms with van der Waals surface area (Å²) < 4.78 is 26.9. The molecule has 0 aromatic heterocycles. The van der Waals surface area contributed by atoms with E-state index in [2.05, 4.69) is 24.1 Å². The molecular weight excluding hydrogens is 262 g/mol. The Hall–Kier alpha value is -1.04. The molecule has 0 saturated carbocycles. The number of rotatable bonds is 9. The van der Waals surface area contributed by atoms with Crippen LogP contribution in [0.2, 0.25) is 0 Å². The summed E-state index contributed by atoms with van der Waals surface area (Å²) in [6.07, 6.45) is -0.224. The van der Waals surface area contributed by atoms with Crippen molar-refractivity contribution in [3.63, 3.8) is 0 Å². The van der Waals surface area contributed by atoms with Crippen LogP contribution < -0.4 is 5.32 Å². The van der Waals surface area contributed by atoms with Gasteiger partial charge in [-0.25, -0.2) is 8.78 Å². The molecule has 0 fully saturated rings. The number of halogens is 2. The van der Waals surface area contributed by atoms with Crippen LogP contribution in [-0.2, 0) is 0 Å². The minimum atomic E-state index is -1.16. The van der Waals surface area contributed by atoms with Crippen molar-refractivity contribution in [1.29, 1.82) is 0 Å². The number of nitrogens with zero attached hydrogens (tertiary/aromatic N) is 1. The standard InChI is InChI=1S/C15H24F2N2O/c1-3-19(4-2)10-6-9-18-11-14(20)15-12(16)7-5-8-13(15)17/h5,7-8,14,18,20H,3-4,6,9-11H2,1-2H3. The van der Waals surface area contributed by atoms with Gasteiger partial charge in [0.1, 0.15) is 11.6 Å². The molecular formula is C15H24F2N2O. The summed E-state index contributed by atoms with van der Waals surface area (Å²) in [7, 11) is 0. The zero-order chi connectivity index (χ0) is 15.0. The Bertz CT molecular complexity index is 377. The smallest absolute Gasteiger partial charge is 0.131 e. The maximum atomic E-state index is 13.4. The van der Waals surface area contributed by atoms with E-state index in [9.17, 15) is 13.9 Å². The summed E-state index contributed by atoms with van der Waals surface area (Å²) in [5.41, 5.74) is -0.260. The first-order valence-electron chi connectivity index (χ1n) is 7.15. The molecule has 0 amide bonds. The molecule has 2 N–H and O–H groups in total. The lowest BCUT2D eigenvalue weighted by Crippen LogP contribution is -2.29. The van der Waals surface area contributed by atoms with Crippen LogP contribution in [0.1, 0.15) is 31.9 Å². The van der Waals surface area contributed by atoms with Gasteiger partial charge in [0.05, 0.1) is 11.7 Å². The third-order valence-corrected chi connectivity index (χ3v) is 3.39. The highest BCUT2D eigenvalue weighted by Gasteiger charge is 2.16. The first-order valence-corrected chi connectivity index (χ1v) is 7.15. The van der Waals surface area contributed by atoms with Crippen LogP contribution in [0.3, 0.4) is 0 Å². The molecule has 1 aromatic rings. The van der Waals surface area contributed by atoms with Crippen molar-refractivity contribution in [3.8, 4) is 0 Å². The fourth-order valence-corrected chi connectivity index (χ4v) is 2.14. The predicted octanol–water partition coefficient (Wildman–Crippen LogP) is 2.32. The van der Waals surface area contributed by atoms with Crippen molar-refractivity contribution < 1.29 is 13.9 Å². The van der Waals surface area contributed by atoms with Crippen LogP contribution in [0.15, 0.2) is 18.2 Å². The van der Waals surface area contributed by atoms with Gasteiger partial charge in [-0.15, -0.1) is 0 Å². The molecule has 1 aromatic carbocycles. The van der Waals surface area contributed by atoms with Gasteiger partial charge in [0.2, 0.25) is 0 Å². The van der Waals surface area contributed by atoms with Crippen LogP contribution in [0.25, 0.3) is 0 Å². The van der Waals surface area contributed by atoms with Crippen molar-refractivity contribution in [3.05, 3.63) is 35.4 Å². The fraction of sp³-hybridized carbons (Fsp3) is 0.600. The Balaban J connectivity index is 2.32. The summed E-state index contributed by atoms with van der Waals surface area (Å²) in [6.45, 7) is 8.09. The van der Waals surface area contributed by atoms with Crippen molar-refractivity contribution >= 4 is 0 Å². The Kier molecular flexibility index (Phi) is 7.65. The molecule has 0 heterocycles. The van der Waals surface area contributed by atoms with Crippen molar-refractivity contribution in [2.45, 2.75) is 26.4 Å². The Morgan fingerprint density at radius 2 is 1.80 bits per heavy atom. The average Bonchev–Trinajstić information content (AvgIpc) is 2.42. The van der Waals surface area contributed by atoms with Gasteiger partial charge >= 0.3 is 0 Å². The molecule has 1 atom stereocenters. The van der Waals surface area contributed by atoms with E-state index in [4.69, 9.17) is 0 Å². The highest BCUT2D eigenvalue weighted by Crippen LogP contribution is 2.19. The van der Waals surface area contributed by atoms with Crippen LogP contribution >= 0.6 is 0 Å². The Labute approximate surface area is 119 Å². The molecule has 0 aliphatic carbocycles. The second-order valence-corrected chi connectivity index (χ2v) is 4.74. The van der Waals surface area contributed by atoms with E-state index in [1.54, 1.807) is 0 Å². The molecule has 0 saturated heterocycles. The summed E-state index contributed by atoms with van der Waals surface area (Å²) in [6, 6.07) is 3.60. The number of aliphatic hydroxyl groups is 1. The number of hydrogen-bond acceptors (Lipinski definition) is 3. The van der Waals surface area contributed by atoms with E-state index < -0.39 is 17.7 Å². The molecule has 1 rings (SSSR count). The average molecular weight is 286 g/mol. The maximum Gasteiger partial charge on any atom is 0.131 e. The maximum absolute atomic E-state index is 13.4. The van der Waals surface area contributed by atoms with E-state index in [0.29, 0.717) is 6.54 Å². The third kappa shape index (κ3) is 5.15. The largest absolute Gasteiger partial charge is 0.387 e. The molecule has 3 nitrogen and oxygen atoms in total. The third-order valence-electron chi connectivity index (χ3n) is 3.39. The molecule has 1 unspecified atom stereocenters. The topological polar surface area (TPSA) is 35.5 Å². The Morgan fingerprint density at radius 3 is 2.35 bits per heavy atom. The van der Waals surface area contributed by atoms with Gasteiger partial charge in [-0.05, 0) is 44.7 Å². The Morgan fingerprint density at radius 1 is 1.20 bits per heavy atom. The van der Waals surface area contributed by atoms with Crippen LogP contribution in [0, 0.1) is 11.6 Å². The lowest BCUT2D eigenvalue weighted by atomic mass is 10.1. The van der Waals surface area contributed by atoms with Gasteiger partial charge in [0.25, 0.3) is 0 Å². The number of hydrogen-bond donors (Lipinski definition) is 2. The lowest BCUT2D eigenvalue weighted by Gasteiger charge is -2.18. The van der Waals surface area contributed by atoms with Gasteiger partial charge in [-0.2, -0.15) is 0 Å². The highest BCUT2D eigenvalue weighted by atomic mass is 19.1. The quantitative estimate of drug-likeness (QED) is 0.684. The van der Waals surface area contributed by atoms with Gasteiger partial charge in [-0.3, -0.25) is 0 Å². The van der Waals surface area contributed by atoms with E-state index in [0.717, 1.165) is 38.2 Å². The van der Waals surface area contributed by atoms with Crippen molar-refractivity contribution in [1.82, 2.24) is 10.2 Å². The van der Waals surface area contributed by atoms with Crippen molar-refractivity contribution in [2.24, 2.45) is 0 Å². The minimum absolute atomic E-state index is 0.149.